The smallest absolute Gasteiger partial charge is 0.124 e. The Bertz CT molecular complexity index is 598. The number of nitrogens with zero attached hydrogens (tertiary/aromatic N) is 2. The molecule has 1 unspecified atom stereocenters. The summed E-state index contributed by atoms with van der Waals surface area (Å²) in [7, 11) is 0. The highest BCUT2D eigenvalue weighted by Crippen LogP contribution is 2.23. The van der Waals surface area contributed by atoms with Crippen LogP contribution in [0.5, 0.6) is 0 Å². The molecular weight excluding hydrogens is 323 g/mol. The van der Waals surface area contributed by atoms with E-state index in [-0.39, 0.29) is 11.9 Å². The van der Waals surface area contributed by atoms with Crippen molar-refractivity contribution in [3.05, 3.63) is 57.1 Å². The number of nitrogens with two attached hydrogens (primary N) is 1. The number of hydrogen-bond acceptors (Lipinski definition) is 4. The van der Waals surface area contributed by atoms with E-state index in [9.17, 15) is 4.39 Å². The monoisotopic (exact) mass is 338 g/mol. The van der Waals surface area contributed by atoms with E-state index in [0.717, 1.165) is 22.5 Å². The van der Waals surface area contributed by atoms with Crippen LogP contribution in [0.1, 0.15) is 28.6 Å². The highest BCUT2D eigenvalue weighted by molar-refractivity contribution is 9.10. The molecule has 20 heavy (non-hydrogen) atoms. The molecule has 0 aliphatic rings. The Balaban J connectivity index is 2.31. The second kappa shape index (κ2) is 6.39. The van der Waals surface area contributed by atoms with Gasteiger partial charge in [-0.25, -0.2) is 4.39 Å². The van der Waals surface area contributed by atoms with E-state index in [4.69, 9.17) is 5.84 Å². The van der Waals surface area contributed by atoms with E-state index in [1.54, 1.807) is 0 Å². The number of aromatic nitrogens is 2. The number of aryl methyl sites for hydroxylation is 2. The van der Waals surface area contributed by atoms with Crippen molar-refractivity contribution in [2.24, 2.45) is 5.84 Å². The summed E-state index contributed by atoms with van der Waals surface area (Å²) in [5.74, 6) is 5.37. The van der Waals surface area contributed by atoms with Gasteiger partial charge in [-0.3, -0.25) is 11.3 Å². The Labute approximate surface area is 125 Å². The zero-order valence-corrected chi connectivity index (χ0v) is 12.9. The second-order valence-corrected chi connectivity index (χ2v) is 5.64. The molecule has 3 N–H and O–H groups in total. The topological polar surface area (TPSA) is 63.8 Å². The number of hydrazine groups is 1. The largest absolute Gasteiger partial charge is 0.271 e. The van der Waals surface area contributed by atoms with Crippen molar-refractivity contribution >= 4 is 15.9 Å². The fourth-order valence-corrected chi connectivity index (χ4v) is 2.66. The van der Waals surface area contributed by atoms with Crippen LogP contribution in [0.3, 0.4) is 0 Å². The Morgan fingerprint density at radius 1 is 1.25 bits per heavy atom. The number of rotatable bonds is 4. The molecule has 4 nitrogen and oxygen atoms in total. The van der Waals surface area contributed by atoms with Crippen molar-refractivity contribution in [1.29, 1.82) is 0 Å². The zero-order chi connectivity index (χ0) is 14.7. The standard InChI is InChI=1S/C14H16BrFN4/c1-8-3-13(9(2)20-19-8)14(18-17)6-10-4-11(15)7-12(16)5-10/h3-5,7,14,18H,6,17H2,1-2H3. The Hall–Kier alpha value is -1.37. The lowest BCUT2D eigenvalue weighted by Crippen LogP contribution is -2.30. The Kier molecular flexibility index (Phi) is 4.80. The molecule has 0 saturated heterocycles. The summed E-state index contributed by atoms with van der Waals surface area (Å²) in [6, 6.07) is 6.62. The van der Waals surface area contributed by atoms with Crippen molar-refractivity contribution in [2.45, 2.75) is 26.3 Å². The van der Waals surface area contributed by atoms with Crippen molar-refractivity contribution in [3.63, 3.8) is 0 Å². The first-order valence-corrected chi connectivity index (χ1v) is 7.01. The van der Waals surface area contributed by atoms with Crippen LogP contribution in [0.4, 0.5) is 4.39 Å². The van der Waals surface area contributed by atoms with E-state index in [0.29, 0.717) is 10.9 Å². The summed E-state index contributed by atoms with van der Waals surface area (Å²) in [6.45, 7) is 3.76. The van der Waals surface area contributed by atoms with Gasteiger partial charge < -0.3 is 0 Å². The van der Waals surface area contributed by atoms with Crippen LogP contribution in [0.15, 0.2) is 28.7 Å². The van der Waals surface area contributed by atoms with Gasteiger partial charge in [-0.2, -0.15) is 10.2 Å². The van der Waals surface area contributed by atoms with Gasteiger partial charge in [0.2, 0.25) is 0 Å². The summed E-state index contributed by atoms with van der Waals surface area (Å²) >= 11 is 3.29. The van der Waals surface area contributed by atoms with Crippen molar-refractivity contribution < 1.29 is 4.39 Å². The van der Waals surface area contributed by atoms with Gasteiger partial charge in [0.05, 0.1) is 17.4 Å². The number of benzene rings is 1. The lowest BCUT2D eigenvalue weighted by atomic mass is 9.98. The van der Waals surface area contributed by atoms with Gasteiger partial charge in [0.15, 0.2) is 0 Å². The first-order valence-electron chi connectivity index (χ1n) is 6.21. The quantitative estimate of drug-likeness (QED) is 0.664. The molecule has 6 heteroatoms. The molecule has 0 spiro atoms. The van der Waals surface area contributed by atoms with Crippen LogP contribution >= 0.6 is 15.9 Å². The van der Waals surface area contributed by atoms with E-state index >= 15 is 0 Å². The maximum Gasteiger partial charge on any atom is 0.124 e. The first-order chi connectivity index (χ1) is 9.49. The molecule has 0 bridgehead atoms. The molecule has 0 saturated carbocycles. The molecule has 1 aromatic carbocycles. The fraction of sp³-hybridized carbons (Fsp3) is 0.286. The van der Waals surface area contributed by atoms with E-state index < -0.39 is 0 Å². The van der Waals surface area contributed by atoms with Crippen LogP contribution in [0, 0.1) is 19.7 Å². The highest BCUT2D eigenvalue weighted by atomic mass is 79.9. The molecule has 2 rings (SSSR count). The van der Waals surface area contributed by atoms with Gasteiger partial charge in [0.1, 0.15) is 5.82 Å². The average Bonchev–Trinajstić information content (AvgIpc) is 2.38. The summed E-state index contributed by atoms with van der Waals surface area (Å²) in [6.07, 6.45) is 0.568. The maximum absolute atomic E-state index is 13.4. The Morgan fingerprint density at radius 2 is 2.00 bits per heavy atom. The predicted octanol–water partition coefficient (Wildman–Crippen LogP) is 2.74. The molecule has 1 atom stereocenters. The number of nitrogens with one attached hydrogen (secondary N) is 1. The summed E-state index contributed by atoms with van der Waals surface area (Å²) in [5, 5.41) is 8.10. The van der Waals surface area contributed by atoms with Crippen LogP contribution in [-0.2, 0) is 6.42 Å². The minimum Gasteiger partial charge on any atom is -0.271 e. The van der Waals surface area contributed by atoms with Gasteiger partial charge in [-0.05, 0) is 55.7 Å². The zero-order valence-electron chi connectivity index (χ0n) is 11.3. The molecule has 0 aliphatic carbocycles. The van der Waals surface area contributed by atoms with E-state index in [2.05, 4.69) is 31.6 Å². The third kappa shape index (κ3) is 3.59. The van der Waals surface area contributed by atoms with Crippen molar-refractivity contribution in [2.75, 3.05) is 0 Å². The molecule has 106 valence electrons. The average molecular weight is 339 g/mol. The summed E-state index contributed by atoms with van der Waals surface area (Å²) < 4.78 is 14.1. The molecule has 1 heterocycles. The molecule has 1 aromatic heterocycles. The van der Waals surface area contributed by atoms with Crippen molar-refractivity contribution in [1.82, 2.24) is 15.6 Å². The number of halogens is 2. The lowest BCUT2D eigenvalue weighted by molar-refractivity contribution is 0.541. The van der Waals surface area contributed by atoms with Crippen LogP contribution in [-0.4, -0.2) is 10.2 Å². The predicted molar refractivity (Wildman–Crippen MR) is 79.4 cm³/mol. The molecular formula is C14H16BrFN4. The molecule has 0 fully saturated rings. The first kappa shape index (κ1) is 15.0. The van der Waals surface area contributed by atoms with E-state index in [1.165, 1.54) is 12.1 Å². The lowest BCUT2D eigenvalue weighted by Gasteiger charge is -2.18. The third-order valence-electron chi connectivity index (χ3n) is 3.08. The molecule has 0 aliphatic heterocycles. The Morgan fingerprint density at radius 3 is 2.65 bits per heavy atom. The highest BCUT2D eigenvalue weighted by Gasteiger charge is 2.15. The second-order valence-electron chi connectivity index (χ2n) is 4.73. The van der Waals surface area contributed by atoms with Crippen LogP contribution in [0.25, 0.3) is 0 Å². The van der Waals surface area contributed by atoms with Gasteiger partial charge in [0, 0.05) is 4.47 Å². The maximum atomic E-state index is 13.4. The SMILES string of the molecule is Cc1cc(C(Cc2cc(F)cc(Br)c2)NN)c(C)nn1. The summed E-state index contributed by atoms with van der Waals surface area (Å²) in [4.78, 5) is 0. The van der Waals surface area contributed by atoms with Crippen LogP contribution < -0.4 is 11.3 Å². The van der Waals surface area contributed by atoms with Crippen LogP contribution in [0.2, 0.25) is 0 Å². The minimum atomic E-state index is -0.272. The molecule has 0 radical (unpaired) electrons. The van der Waals surface area contributed by atoms with E-state index in [1.807, 2.05) is 26.0 Å². The van der Waals surface area contributed by atoms with Gasteiger partial charge in [-0.1, -0.05) is 15.9 Å². The van der Waals surface area contributed by atoms with Gasteiger partial charge in [-0.15, -0.1) is 0 Å². The van der Waals surface area contributed by atoms with Gasteiger partial charge in [0.25, 0.3) is 0 Å². The third-order valence-corrected chi connectivity index (χ3v) is 3.54. The fourth-order valence-electron chi connectivity index (χ4n) is 2.15. The normalized spacial score (nSPS) is 12.4. The van der Waals surface area contributed by atoms with Gasteiger partial charge >= 0.3 is 0 Å². The minimum absolute atomic E-state index is 0.141. The number of hydrogen-bond donors (Lipinski definition) is 2. The van der Waals surface area contributed by atoms with Crippen molar-refractivity contribution in [3.8, 4) is 0 Å². The molecule has 2 aromatic rings. The summed E-state index contributed by atoms with van der Waals surface area (Å²) in [5.41, 5.74) is 6.24. The molecule has 0 amide bonds.